The summed E-state index contributed by atoms with van der Waals surface area (Å²) in [5.74, 6) is 1.49. The molecule has 0 fully saturated rings. The Morgan fingerprint density at radius 1 is 1.00 bits per heavy atom. The second-order valence-corrected chi connectivity index (χ2v) is 6.86. The summed E-state index contributed by atoms with van der Waals surface area (Å²) in [6, 6.07) is 11.6. The highest BCUT2D eigenvalue weighted by Gasteiger charge is 2.12. The molecule has 0 aliphatic carbocycles. The minimum absolute atomic E-state index is 0.179. The number of ether oxygens (including phenoxy) is 3. The van der Waals surface area contributed by atoms with Gasteiger partial charge in [0.15, 0.2) is 5.75 Å². The molecule has 8 nitrogen and oxygen atoms in total. The van der Waals surface area contributed by atoms with Crippen molar-refractivity contribution in [2.75, 3.05) is 27.4 Å². The van der Waals surface area contributed by atoms with Crippen LogP contribution in [0.4, 0.5) is 0 Å². The van der Waals surface area contributed by atoms with E-state index in [4.69, 9.17) is 14.2 Å². The van der Waals surface area contributed by atoms with E-state index in [1.54, 1.807) is 26.5 Å². The molecule has 158 valence electrons. The van der Waals surface area contributed by atoms with Crippen molar-refractivity contribution in [2.24, 2.45) is 0 Å². The van der Waals surface area contributed by atoms with E-state index in [2.05, 4.69) is 15.1 Å². The van der Waals surface area contributed by atoms with Crippen LogP contribution in [-0.4, -0.2) is 47.2 Å². The first-order chi connectivity index (χ1) is 15.1. The summed E-state index contributed by atoms with van der Waals surface area (Å²) in [6.07, 6.45) is 4.65. The monoisotopic (exact) mass is 418 g/mol. The van der Waals surface area contributed by atoms with Gasteiger partial charge in [0.2, 0.25) is 0 Å². The lowest BCUT2D eigenvalue weighted by molar-refractivity contribution is 0.146. The highest BCUT2D eigenvalue weighted by molar-refractivity contribution is 5.87. The molecule has 4 rings (SSSR count). The van der Waals surface area contributed by atoms with Crippen LogP contribution in [0.15, 0.2) is 59.8 Å². The first-order valence-corrected chi connectivity index (χ1v) is 9.72. The van der Waals surface area contributed by atoms with E-state index in [0.717, 1.165) is 27.8 Å². The fraction of sp³-hybridized carbons (Fsp3) is 0.217. The minimum atomic E-state index is -0.292. The van der Waals surface area contributed by atoms with Crippen LogP contribution in [0.25, 0.3) is 27.8 Å². The number of fused-ring (bicyclic) bond motifs is 1. The molecule has 2 aromatic heterocycles. The predicted octanol–water partition coefficient (Wildman–Crippen LogP) is 3.18. The van der Waals surface area contributed by atoms with Gasteiger partial charge in [0.1, 0.15) is 12.4 Å². The molecule has 0 amide bonds. The molecule has 0 saturated carbocycles. The van der Waals surface area contributed by atoms with Crippen molar-refractivity contribution in [3.05, 3.63) is 70.9 Å². The van der Waals surface area contributed by atoms with E-state index < -0.39 is 0 Å². The van der Waals surface area contributed by atoms with Gasteiger partial charge in [0.25, 0.3) is 11.5 Å². The number of hydrogen-bond donors (Lipinski definition) is 0. The quantitative estimate of drug-likeness (QED) is 0.426. The molecule has 2 aromatic carbocycles. The molecule has 0 unspecified atom stereocenters. The molecule has 0 atom stereocenters. The zero-order valence-corrected chi connectivity index (χ0v) is 17.5. The van der Waals surface area contributed by atoms with Crippen molar-refractivity contribution in [2.45, 2.75) is 6.92 Å². The third kappa shape index (κ3) is 4.10. The summed E-state index contributed by atoms with van der Waals surface area (Å²) >= 11 is 0. The second-order valence-electron chi connectivity index (χ2n) is 6.86. The number of nitrogens with zero attached hydrogens (tertiary/aromatic N) is 4. The van der Waals surface area contributed by atoms with Crippen LogP contribution in [0.2, 0.25) is 0 Å². The van der Waals surface area contributed by atoms with Crippen LogP contribution in [0.1, 0.15) is 5.56 Å². The maximum atomic E-state index is 13.0. The summed E-state index contributed by atoms with van der Waals surface area (Å²) in [5.41, 5.74) is 2.76. The van der Waals surface area contributed by atoms with E-state index in [-0.39, 0.29) is 11.5 Å². The van der Waals surface area contributed by atoms with Gasteiger partial charge in [-0.3, -0.25) is 4.79 Å². The van der Waals surface area contributed by atoms with Crippen molar-refractivity contribution >= 4 is 10.8 Å². The lowest BCUT2D eigenvalue weighted by Gasteiger charge is -2.11. The Morgan fingerprint density at radius 2 is 1.81 bits per heavy atom. The predicted molar refractivity (Wildman–Crippen MR) is 117 cm³/mol. The molecular formula is C23H22N4O4. The molecule has 0 radical (unpaired) electrons. The molecular weight excluding hydrogens is 396 g/mol. The van der Waals surface area contributed by atoms with Crippen molar-refractivity contribution < 1.29 is 14.2 Å². The number of rotatable bonds is 7. The Hall–Kier alpha value is -3.78. The van der Waals surface area contributed by atoms with Gasteiger partial charge in [0.05, 0.1) is 37.7 Å². The van der Waals surface area contributed by atoms with Crippen LogP contribution >= 0.6 is 0 Å². The lowest BCUT2D eigenvalue weighted by Crippen LogP contribution is -2.23. The van der Waals surface area contributed by atoms with E-state index in [1.165, 1.54) is 17.1 Å². The van der Waals surface area contributed by atoms with E-state index in [9.17, 15) is 4.79 Å². The number of benzene rings is 2. The third-order valence-corrected chi connectivity index (χ3v) is 4.96. The van der Waals surface area contributed by atoms with Crippen LogP contribution in [0.3, 0.4) is 0 Å². The summed E-state index contributed by atoms with van der Waals surface area (Å²) in [5, 5.41) is 5.53. The highest BCUT2D eigenvalue weighted by Crippen LogP contribution is 2.31. The van der Waals surface area contributed by atoms with Gasteiger partial charge < -0.3 is 14.2 Å². The van der Waals surface area contributed by atoms with Crippen molar-refractivity contribution in [3.63, 3.8) is 0 Å². The fourth-order valence-corrected chi connectivity index (χ4v) is 3.35. The van der Waals surface area contributed by atoms with Gasteiger partial charge in [-0.1, -0.05) is 18.2 Å². The average Bonchev–Trinajstić information content (AvgIpc) is 2.80. The molecule has 0 bridgehead atoms. The molecule has 8 heteroatoms. The summed E-state index contributed by atoms with van der Waals surface area (Å²) in [4.78, 5) is 21.4. The summed E-state index contributed by atoms with van der Waals surface area (Å²) < 4.78 is 17.0. The molecule has 0 N–H and O–H groups in total. The smallest absolute Gasteiger partial charge is 0.282 e. The molecule has 0 aliphatic rings. The number of hydrogen-bond acceptors (Lipinski definition) is 7. The zero-order chi connectivity index (χ0) is 21.8. The Kier molecular flexibility index (Phi) is 5.90. The first-order valence-electron chi connectivity index (χ1n) is 9.72. The molecule has 2 heterocycles. The van der Waals surface area contributed by atoms with Gasteiger partial charge in [0, 0.05) is 12.5 Å². The second kappa shape index (κ2) is 8.93. The normalized spacial score (nSPS) is 10.9. The Morgan fingerprint density at radius 3 is 2.55 bits per heavy atom. The third-order valence-electron chi connectivity index (χ3n) is 4.96. The SMILES string of the molecule is COCCOc1cnc(-n2ncc3cc(-c4cccc(OC)c4C)ccc3c2=O)nc1. The van der Waals surface area contributed by atoms with Gasteiger partial charge in [-0.2, -0.15) is 9.78 Å². The van der Waals surface area contributed by atoms with Gasteiger partial charge >= 0.3 is 0 Å². The van der Waals surface area contributed by atoms with E-state index in [0.29, 0.717) is 24.3 Å². The van der Waals surface area contributed by atoms with Gasteiger partial charge in [-0.15, -0.1) is 0 Å². The number of aromatic nitrogens is 4. The first kappa shape index (κ1) is 20.5. The van der Waals surface area contributed by atoms with Crippen molar-refractivity contribution in [1.29, 1.82) is 0 Å². The van der Waals surface area contributed by atoms with Gasteiger partial charge in [-0.25, -0.2) is 9.97 Å². The van der Waals surface area contributed by atoms with E-state index in [1.807, 2.05) is 37.3 Å². The Balaban J connectivity index is 1.68. The Bertz CT molecular complexity index is 1270. The topological polar surface area (TPSA) is 88.4 Å². The van der Waals surface area contributed by atoms with Crippen molar-refractivity contribution in [3.8, 4) is 28.6 Å². The molecule has 0 spiro atoms. The maximum Gasteiger partial charge on any atom is 0.282 e. The zero-order valence-electron chi connectivity index (χ0n) is 17.5. The molecule has 4 aromatic rings. The standard InChI is InChI=1S/C23H22N4O4/c1-15-19(5-4-6-21(15)30-3)16-7-8-20-17(11-16)12-26-27(22(20)28)23-24-13-18(14-25-23)31-10-9-29-2/h4-8,11-14H,9-10H2,1-3H3. The van der Waals surface area contributed by atoms with Crippen molar-refractivity contribution in [1.82, 2.24) is 19.7 Å². The summed E-state index contributed by atoms with van der Waals surface area (Å²) in [6.45, 7) is 2.86. The molecule has 0 aliphatic heterocycles. The van der Waals surface area contributed by atoms with Crippen LogP contribution in [-0.2, 0) is 4.74 Å². The minimum Gasteiger partial charge on any atom is -0.496 e. The average molecular weight is 418 g/mol. The van der Waals surface area contributed by atoms with E-state index >= 15 is 0 Å². The maximum absolute atomic E-state index is 13.0. The highest BCUT2D eigenvalue weighted by atomic mass is 16.5. The molecule has 31 heavy (non-hydrogen) atoms. The van der Waals surface area contributed by atoms with Crippen LogP contribution < -0.4 is 15.0 Å². The Labute approximate surface area is 179 Å². The largest absolute Gasteiger partial charge is 0.496 e. The summed E-state index contributed by atoms with van der Waals surface area (Å²) in [7, 11) is 3.25. The van der Waals surface area contributed by atoms with Crippen LogP contribution in [0, 0.1) is 6.92 Å². The van der Waals surface area contributed by atoms with Gasteiger partial charge in [-0.05, 0) is 41.8 Å². The lowest BCUT2D eigenvalue weighted by atomic mass is 9.98. The van der Waals surface area contributed by atoms with Crippen LogP contribution in [0.5, 0.6) is 11.5 Å². The molecule has 0 saturated heterocycles. The fourth-order valence-electron chi connectivity index (χ4n) is 3.35. The number of methoxy groups -OCH3 is 2.